The van der Waals surface area contributed by atoms with Crippen molar-refractivity contribution in [3.63, 3.8) is 0 Å². The van der Waals surface area contributed by atoms with Gasteiger partial charge < -0.3 is 29.7 Å². The highest BCUT2D eigenvalue weighted by atomic mass is 16.6. The second-order valence-electron chi connectivity index (χ2n) is 8.33. The SMILES string of the molecule is CC(C)(C)OC(=O)N1CCN(C(=O)Nc2cccc(Oc3ccccc3)c2)C(CO)C1. The van der Waals surface area contributed by atoms with E-state index in [2.05, 4.69) is 5.32 Å². The molecule has 31 heavy (non-hydrogen) atoms. The van der Waals surface area contributed by atoms with Crippen LogP contribution in [0.25, 0.3) is 0 Å². The van der Waals surface area contributed by atoms with Gasteiger partial charge in [-0.3, -0.25) is 0 Å². The Kier molecular flexibility index (Phi) is 7.02. The Hall–Kier alpha value is -3.26. The summed E-state index contributed by atoms with van der Waals surface area (Å²) in [5.74, 6) is 1.29. The normalized spacial score (nSPS) is 16.6. The largest absolute Gasteiger partial charge is 0.457 e. The number of nitrogens with one attached hydrogen (secondary N) is 1. The molecule has 1 saturated heterocycles. The Morgan fingerprint density at radius 3 is 2.45 bits per heavy atom. The first-order valence-corrected chi connectivity index (χ1v) is 10.2. The molecule has 1 aliphatic rings. The Morgan fingerprint density at radius 2 is 1.77 bits per heavy atom. The predicted molar refractivity (Wildman–Crippen MR) is 117 cm³/mol. The van der Waals surface area contributed by atoms with Gasteiger partial charge in [0.1, 0.15) is 17.1 Å². The molecule has 3 rings (SSSR count). The quantitative estimate of drug-likeness (QED) is 0.772. The number of anilines is 1. The molecule has 0 bridgehead atoms. The van der Waals surface area contributed by atoms with Crippen LogP contribution in [0.4, 0.5) is 15.3 Å². The summed E-state index contributed by atoms with van der Waals surface area (Å²) < 4.78 is 11.2. The molecule has 1 heterocycles. The second-order valence-corrected chi connectivity index (χ2v) is 8.33. The van der Waals surface area contributed by atoms with E-state index < -0.39 is 17.7 Å². The molecule has 8 heteroatoms. The van der Waals surface area contributed by atoms with Crippen molar-refractivity contribution in [2.24, 2.45) is 0 Å². The van der Waals surface area contributed by atoms with Crippen molar-refractivity contribution in [3.05, 3.63) is 54.6 Å². The highest BCUT2D eigenvalue weighted by Gasteiger charge is 2.34. The number of hydrogen-bond acceptors (Lipinski definition) is 5. The second kappa shape index (κ2) is 9.70. The molecule has 1 atom stereocenters. The molecule has 0 saturated carbocycles. The maximum Gasteiger partial charge on any atom is 0.410 e. The van der Waals surface area contributed by atoms with Crippen LogP contribution in [0.5, 0.6) is 11.5 Å². The Balaban J connectivity index is 1.61. The number of aliphatic hydroxyl groups excluding tert-OH is 1. The molecule has 1 aliphatic heterocycles. The van der Waals surface area contributed by atoms with Crippen LogP contribution < -0.4 is 10.1 Å². The Bertz CT molecular complexity index is 898. The first-order chi connectivity index (χ1) is 14.7. The van der Waals surface area contributed by atoms with E-state index in [-0.39, 0.29) is 25.7 Å². The highest BCUT2D eigenvalue weighted by molar-refractivity contribution is 5.90. The molecular formula is C23H29N3O5. The topological polar surface area (TPSA) is 91.3 Å². The minimum Gasteiger partial charge on any atom is -0.457 e. The molecule has 0 spiro atoms. The lowest BCUT2D eigenvalue weighted by atomic mass is 10.2. The molecule has 2 N–H and O–H groups in total. The van der Waals surface area contributed by atoms with Gasteiger partial charge in [-0.25, -0.2) is 9.59 Å². The third-order valence-corrected chi connectivity index (χ3v) is 4.67. The van der Waals surface area contributed by atoms with Crippen LogP contribution in [0.3, 0.4) is 0 Å². The fourth-order valence-electron chi connectivity index (χ4n) is 3.23. The van der Waals surface area contributed by atoms with Gasteiger partial charge in [-0.05, 0) is 45.0 Å². The number of para-hydroxylation sites is 1. The van der Waals surface area contributed by atoms with E-state index in [1.165, 1.54) is 9.80 Å². The molecule has 1 fully saturated rings. The Morgan fingerprint density at radius 1 is 1.06 bits per heavy atom. The average Bonchev–Trinajstić information content (AvgIpc) is 2.73. The molecule has 8 nitrogen and oxygen atoms in total. The number of nitrogens with zero attached hydrogens (tertiary/aromatic N) is 2. The molecular weight excluding hydrogens is 398 g/mol. The fraction of sp³-hybridized carbons (Fsp3) is 0.391. The molecule has 0 aliphatic carbocycles. The van der Waals surface area contributed by atoms with Crippen LogP contribution >= 0.6 is 0 Å². The van der Waals surface area contributed by atoms with Crippen molar-refractivity contribution < 1.29 is 24.2 Å². The third-order valence-electron chi connectivity index (χ3n) is 4.67. The lowest BCUT2D eigenvalue weighted by Crippen LogP contribution is -2.59. The van der Waals surface area contributed by atoms with Gasteiger partial charge in [-0.1, -0.05) is 24.3 Å². The maximum absolute atomic E-state index is 12.8. The minimum absolute atomic E-state index is 0.204. The lowest BCUT2D eigenvalue weighted by Gasteiger charge is -2.40. The summed E-state index contributed by atoms with van der Waals surface area (Å²) in [5.41, 5.74) is -0.0302. The summed E-state index contributed by atoms with van der Waals surface area (Å²) in [4.78, 5) is 28.2. The van der Waals surface area contributed by atoms with Crippen LogP contribution in [0.1, 0.15) is 20.8 Å². The zero-order valence-corrected chi connectivity index (χ0v) is 18.1. The number of ether oxygens (including phenoxy) is 2. The van der Waals surface area contributed by atoms with Gasteiger partial charge in [0, 0.05) is 31.4 Å². The zero-order chi connectivity index (χ0) is 22.4. The molecule has 2 aromatic rings. The fourth-order valence-corrected chi connectivity index (χ4v) is 3.23. The molecule has 166 valence electrons. The molecule has 1 unspecified atom stereocenters. The molecule has 0 radical (unpaired) electrons. The first kappa shape index (κ1) is 22.4. The summed E-state index contributed by atoms with van der Waals surface area (Å²) in [6.45, 7) is 5.96. The van der Waals surface area contributed by atoms with E-state index in [4.69, 9.17) is 9.47 Å². The van der Waals surface area contributed by atoms with Gasteiger partial charge in [0.2, 0.25) is 0 Å². The Labute approximate surface area is 182 Å². The van der Waals surface area contributed by atoms with Gasteiger partial charge in [0.05, 0.1) is 12.6 Å². The molecule has 3 amide bonds. The summed E-state index contributed by atoms with van der Waals surface area (Å²) in [6.07, 6.45) is -0.447. The number of benzene rings is 2. The van der Waals surface area contributed by atoms with Crippen molar-refractivity contribution in [1.82, 2.24) is 9.80 Å². The van der Waals surface area contributed by atoms with Crippen molar-refractivity contribution in [2.75, 3.05) is 31.6 Å². The number of piperazine rings is 1. The smallest absolute Gasteiger partial charge is 0.410 e. The van der Waals surface area contributed by atoms with Gasteiger partial charge >= 0.3 is 12.1 Å². The lowest BCUT2D eigenvalue weighted by molar-refractivity contribution is 0.00415. The number of carbonyl (C=O) groups excluding carboxylic acids is 2. The van der Waals surface area contributed by atoms with Crippen LogP contribution in [0.2, 0.25) is 0 Å². The van der Waals surface area contributed by atoms with Crippen molar-refractivity contribution in [1.29, 1.82) is 0 Å². The van der Waals surface area contributed by atoms with Crippen LogP contribution in [0, 0.1) is 0 Å². The number of rotatable bonds is 4. The van der Waals surface area contributed by atoms with E-state index in [9.17, 15) is 14.7 Å². The maximum atomic E-state index is 12.8. The zero-order valence-electron chi connectivity index (χ0n) is 18.1. The standard InChI is InChI=1S/C23H29N3O5/c1-23(2,3)31-22(29)25-12-13-26(18(15-25)16-27)21(28)24-17-8-7-11-20(14-17)30-19-9-5-4-6-10-19/h4-11,14,18,27H,12-13,15-16H2,1-3H3,(H,24,28). The van der Waals surface area contributed by atoms with E-state index in [1.807, 2.05) is 30.3 Å². The van der Waals surface area contributed by atoms with Crippen molar-refractivity contribution >= 4 is 17.8 Å². The summed E-state index contributed by atoms with van der Waals surface area (Å²) in [7, 11) is 0. The van der Waals surface area contributed by atoms with Gasteiger partial charge in [0.25, 0.3) is 0 Å². The number of carbonyl (C=O) groups is 2. The first-order valence-electron chi connectivity index (χ1n) is 10.2. The van der Waals surface area contributed by atoms with E-state index in [0.29, 0.717) is 23.7 Å². The third kappa shape index (κ3) is 6.36. The molecule has 2 aromatic carbocycles. The van der Waals surface area contributed by atoms with Crippen LogP contribution in [-0.4, -0.2) is 64.9 Å². The van der Waals surface area contributed by atoms with E-state index >= 15 is 0 Å². The summed E-state index contributed by atoms with van der Waals surface area (Å²) in [5, 5.41) is 12.6. The van der Waals surface area contributed by atoms with E-state index in [1.54, 1.807) is 45.0 Å². The van der Waals surface area contributed by atoms with Gasteiger partial charge in [-0.15, -0.1) is 0 Å². The van der Waals surface area contributed by atoms with Gasteiger partial charge in [0.15, 0.2) is 0 Å². The monoisotopic (exact) mass is 427 g/mol. The summed E-state index contributed by atoms with van der Waals surface area (Å²) in [6, 6.07) is 15.6. The van der Waals surface area contributed by atoms with Gasteiger partial charge in [-0.2, -0.15) is 0 Å². The number of amides is 3. The summed E-state index contributed by atoms with van der Waals surface area (Å²) >= 11 is 0. The predicted octanol–water partition coefficient (Wildman–Crippen LogP) is 3.92. The molecule has 0 aromatic heterocycles. The highest BCUT2D eigenvalue weighted by Crippen LogP contribution is 2.24. The average molecular weight is 428 g/mol. The van der Waals surface area contributed by atoms with Crippen molar-refractivity contribution in [2.45, 2.75) is 32.4 Å². The number of aliphatic hydroxyl groups is 1. The van der Waals surface area contributed by atoms with E-state index in [0.717, 1.165) is 0 Å². The minimum atomic E-state index is -0.604. The van der Waals surface area contributed by atoms with Crippen molar-refractivity contribution in [3.8, 4) is 11.5 Å². The number of hydrogen-bond donors (Lipinski definition) is 2. The van der Waals surface area contributed by atoms with Crippen LogP contribution in [0.15, 0.2) is 54.6 Å². The van der Waals surface area contributed by atoms with Crippen LogP contribution in [-0.2, 0) is 4.74 Å². The number of urea groups is 1.